The fourth-order valence-electron chi connectivity index (χ4n) is 12.5. The molecule has 5 nitrogen and oxygen atoms in total. The van der Waals surface area contributed by atoms with E-state index in [9.17, 15) is 14.7 Å². The van der Waals surface area contributed by atoms with E-state index in [1.54, 1.807) is 0 Å². The van der Waals surface area contributed by atoms with Gasteiger partial charge in [-0.2, -0.15) is 0 Å². The lowest BCUT2D eigenvalue weighted by molar-refractivity contribution is -0.161. The summed E-state index contributed by atoms with van der Waals surface area (Å²) in [7, 11) is 0. The molecule has 0 radical (unpaired) electrons. The first-order valence-electron chi connectivity index (χ1n) is 42.1. The first-order valence-corrected chi connectivity index (χ1v) is 42.1. The second-order valence-electron chi connectivity index (χ2n) is 28.2. The van der Waals surface area contributed by atoms with Gasteiger partial charge in [-0.05, 0) is 109 Å². The average Bonchev–Trinajstić information content (AvgIpc) is 3.79. The standard InChI is InChI=1S/C91H160O5/c1-3-5-7-9-11-13-15-17-19-21-23-25-27-29-31-33-35-37-39-41-43-45-47-49-51-53-55-57-59-61-63-65-67-69-71-73-75-77-79-81-83-85-90(93)95-88-89(87-92)96-91(94)86-84-82-80-78-76-74-72-70-68-66-64-62-60-58-56-54-52-50-48-46-44-42-40-38-36-34-32-30-28-26-24-22-20-18-16-14-12-10-8-6-4-2/h6,8,12,14-15,17-18,20-21,23-24,26-27,29-30,32,36,38,42,44,89,92H,3-5,7,9-11,13,16,19,22,25,28,31,33-35,37,39-41,43,45-88H2,1-2H3/b8-6-,14-12-,17-15-,20-18-,23-21-,26-24-,29-27-,32-30-,38-36-,44-42-. The zero-order valence-electron chi connectivity index (χ0n) is 63.9. The summed E-state index contributed by atoms with van der Waals surface area (Å²) < 4.78 is 10.8. The molecule has 0 rings (SSSR count). The maximum absolute atomic E-state index is 12.4. The quantitative estimate of drug-likeness (QED) is 0.0373. The second kappa shape index (κ2) is 85.5. The molecule has 0 spiro atoms. The van der Waals surface area contributed by atoms with Crippen molar-refractivity contribution in [3.8, 4) is 0 Å². The number of carbonyl (C=O) groups is 2. The molecule has 1 N–H and O–H groups in total. The van der Waals surface area contributed by atoms with Crippen molar-refractivity contribution in [3.63, 3.8) is 0 Å². The molecule has 0 heterocycles. The molecule has 96 heavy (non-hydrogen) atoms. The van der Waals surface area contributed by atoms with Crippen molar-refractivity contribution < 1.29 is 24.2 Å². The molecule has 5 heteroatoms. The van der Waals surface area contributed by atoms with Crippen molar-refractivity contribution in [2.24, 2.45) is 0 Å². The third-order valence-corrected chi connectivity index (χ3v) is 18.7. The third-order valence-electron chi connectivity index (χ3n) is 18.7. The van der Waals surface area contributed by atoms with Crippen LogP contribution in [-0.4, -0.2) is 36.4 Å². The summed E-state index contributed by atoms with van der Waals surface area (Å²) in [6.45, 7) is 4.06. The van der Waals surface area contributed by atoms with Crippen molar-refractivity contribution in [2.45, 2.75) is 431 Å². The summed E-state index contributed by atoms with van der Waals surface area (Å²) in [6.07, 6.45) is 126. The summed E-state index contributed by atoms with van der Waals surface area (Å²) >= 11 is 0. The lowest BCUT2D eigenvalue weighted by Gasteiger charge is -2.15. The summed E-state index contributed by atoms with van der Waals surface area (Å²) in [5, 5.41) is 9.74. The van der Waals surface area contributed by atoms with Crippen LogP contribution in [0, 0.1) is 0 Å². The summed E-state index contributed by atoms with van der Waals surface area (Å²) in [5.41, 5.74) is 0. The molecular formula is C91H160O5. The zero-order valence-corrected chi connectivity index (χ0v) is 63.9. The van der Waals surface area contributed by atoms with E-state index in [-0.39, 0.29) is 25.2 Å². The predicted octanol–water partition coefficient (Wildman–Crippen LogP) is 30.0. The summed E-state index contributed by atoms with van der Waals surface area (Å²) in [4.78, 5) is 24.8. The molecular weight excluding hydrogens is 1170 g/mol. The molecule has 0 fully saturated rings. The molecule has 0 aliphatic carbocycles. The lowest BCUT2D eigenvalue weighted by Crippen LogP contribution is -2.28. The van der Waals surface area contributed by atoms with Crippen LogP contribution >= 0.6 is 0 Å². The molecule has 0 bridgehead atoms. The van der Waals surface area contributed by atoms with Crippen molar-refractivity contribution in [1.82, 2.24) is 0 Å². The first kappa shape index (κ1) is 92.3. The molecule has 0 aliphatic rings. The average molecular weight is 1330 g/mol. The highest BCUT2D eigenvalue weighted by molar-refractivity contribution is 5.70. The van der Waals surface area contributed by atoms with E-state index in [2.05, 4.69) is 135 Å². The Morgan fingerprint density at radius 1 is 0.250 bits per heavy atom. The molecule has 0 aliphatic heterocycles. The summed E-state index contributed by atoms with van der Waals surface area (Å²) in [6, 6.07) is 0. The molecule has 0 saturated carbocycles. The van der Waals surface area contributed by atoms with Gasteiger partial charge >= 0.3 is 11.9 Å². The highest BCUT2D eigenvalue weighted by Gasteiger charge is 2.16. The third kappa shape index (κ3) is 82.7. The first-order chi connectivity index (χ1) is 47.6. The zero-order chi connectivity index (χ0) is 69.0. The van der Waals surface area contributed by atoms with Crippen LogP contribution in [-0.2, 0) is 19.1 Å². The Balaban J connectivity index is 3.41. The number of aliphatic hydroxyl groups excluding tert-OH is 1. The van der Waals surface area contributed by atoms with Gasteiger partial charge in [-0.15, -0.1) is 0 Å². The van der Waals surface area contributed by atoms with Gasteiger partial charge in [0, 0.05) is 12.8 Å². The minimum Gasteiger partial charge on any atom is -0.462 e. The number of hydrogen-bond acceptors (Lipinski definition) is 5. The molecule has 0 aromatic heterocycles. The SMILES string of the molecule is CC/C=C\C/C=C\C/C=C\C/C=C\C/C=C\C/C=C\C/C=C\CCCCCCCCCCCCCCCCCCCCCC(=O)OC(CO)COC(=O)CCCCCCCCCCCCCCCCCCCCCCCCCCCC/C=C\C/C=C\C/C=C\CCCCCCC. The number of rotatable bonds is 78. The van der Waals surface area contributed by atoms with E-state index >= 15 is 0 Å². The predicted molar refractivity (Wildman–Crippen MR) is 426 cm³/mol. The van der Waals surface area contributed by atoms with Crippen LogP contribution in [0.5, 0.6) is 0 Å². The Kier molecular flexibility index (Phi) is 82.2. The number of esters is 2. The topological polar surface area (TPSA) is 72.8 Å². The van der Waals surface area contributed by atoms with E-state index in [1.165, 1.54) is 302 Å². The Hall–Kier alpha value is -3.70. The largest absolute Gasteiger partial charge is 0.462 e. The number of aliphatic hydroxyl groups is 1. The van der Waals surface area contributed by atoms with Gasteiger partial charge in [-0.25, -0.2) is 0 Å². The fraction of sp³-hybridized carbons (Fsp3) is 0.758. The monoisotopic (exact) mass is 1330 g/mol. The van der Waals surface area contributed by atoms with Crippen molar-refractivity contribution in [1.29, 1.82) is 0 Å². The van der Waals surface area contributed by atoms with E-state index in [4.69, 9.17) is 9.47 Å². The number of unbranched alkanes of at least 4 members (excludes halogenated alkanes) is 50. The lowest BCUT2D eigenvalue weighted by atomic mass is 10.0. The van der Waals surface area contributed by atoms with E-state index in [0.29, 0.717) is 12.8 Å². The Bertz CT molecular complexity index is 1860. The van der Waals surface area contributed by atoms with E-state index in [0.717, 1.165) is 96.3 Å². The Labute approximate surface area is 598 Å². The maximum Gasteiger partial charge on any atom is 0.306 e. The second-order valence-corrected chi connectivity index (χ2v) is 28.2. The van der Waals surface area contributed by atoms with E-state index < -0.39 is 6.10 Å². The Morgan fingerprint density at radius 2 is 0.448 bits per heavy atom. The molecule has 1 unspecified atom stereocenters. The molecule has 0 aromatic rings. The molecule has 554 valence electrons. The number of carbonyl (C=O) groups excluding carboxylic acids is 2. The van der Waals surface area contributed by atoms with Gasteiger partial charge in [-0.3, -0.25) is 9.59 Å². The molecule has 0 saturated heterocycles. The van der Waals surface area contributed by atoms with Crippen LogP contribution in [0.25, 0.3) is 0 Å². The van der Waals surface area contributed by atoms with Gasteiger partial charge in [0.05, 0.1) is 6.61 Å². The normalized spacial score (nSPS) is 12.8. The minimum atomic E-state index is -0.776. The Morgan fingerprint density at radius 3 is 0.677 bits per heavy atom. The van der Waals surface area contributed by atoms with Gasteiger partial charge in [0.1, 0.15) is 6.61 Å². The maximum atomic E-state index is 12.4. The van der Waals surface area contributed by atoms with Gasteiger partial charge in [0.2, 0.25) is 0 Å². The smallest absolute Gasteiger partial charge is 0.306 e. The van der Waals surface area contributed by atoms with Crippen LogP contribution in [0.2, 0.25) is 0 Å². The van der Waals surface area contributed by atoms with Gasteiger partial charge < -0.3 is 14.6 Å². The van der Waals surface area contributed by atoms with Crippen molar-refractivity contribution in [2.75, 3.05) is 13.2 Å². The number of ether oxygens (including phenoxy) is 2. The van der Waals surface area contributed by atoms with Crippen LogP contribution < -0.4 is 0 Å². The summed E-state index contributed by atoms with van der Waals surface area (Å²) in [5.74, 6) is -0.571. The van der Waals surface area contributed by atoms with Crippen LogP contribution in [0.4, 0.5) is 0 Å². The van der Waals surface area contributed by atoms with Crippen molar-refractivity contribution >= 4 is 11.9 Å². The molecule has 0 amide bonds. The van der Waals surface area contributed by atoms with Crippen LogP contribution in [0.1, 0.15) is 425 Å². The van der Waals surface area contributed by atoms with Crippen LogP contribution in [0.15, 0.2) is 122 Å². The fourth-order valence-corrected chi connectivity index (χ4v) is 12.5. The van der Waals surface area contributed by atoms with Gasteiger partial charge in [0.15, 0.2) is 6.10 Å². The number of allylic oxidation sites excluding steroid dienone is 20. The highest BCUT2D eigenvalue weighted by Crippen LogP contribution is 2.19. The molecule has 0 aromatic carbocycles. The van der Waals surface area contributed by atoms with E-state index in [1.807, 2.05) is 0 Å². The highest BCUT2D eigenvalue weighted by atomic mass is 16.6. The minimum absolute atomic E-state index is 0.0634. The molecule has 1 atom stereocenters. The number of hydrogen-bond donors (Lipinski definition) is 1. The van der Waals surface area contributed by atoms with Crippen molar-refractivity contribution in [3.05, 3.63) is 122 Å². The van der Waals surface area contributed by atoms with Gasteiger partial charge in [-0.1, -0.05) is 424 Å². The van der Waals surface area contributed by atoms with Crippen LogP contribution in [0.3, 0.4) is 0 Å². The van der Waals surface area contributed by atoms with Gasteiger partial charge in [0.25, 0.3) is 0 Å².